The molecule has 0 saturated carbocycles. The lowest BCUT2D eigenvalue weighted by Crippen LogP contribution is -2.03. The minimum Gasteiger partial charge on any atom is -0.391 e. The molecule has 0 aliphatic carbocycles. The predicted octanol–water partition coefficient (Wildman–Crippen LogP) is 2.66. The Labute approximate surface area is 85.8 Å². The van der Waals surface area contributed by atoms with Crippen LogP contribution in [0.2, 0.25) is 0 Å². The lowest BCUT2D eigenvalue weighted by Gasteiger charge is -2.02. The predicted molar refractivity (Wildman–Crippen MR) is 56.9 cm³/mol. The van der Waals surface area contributed by atoms with Gasteiger partial charge in [-0.3, -0.25) is 4.79 Å². The first-order chi connectivity index (χ1) is 5.16. The standard InChI is InChI=1S/C7H13IO2S/c1-6(2)5-7(9)10-11-4-3-8/h6H,3-5H2,1-2H3. The van der Waals surface area contributed by atoms with Gasteiger partial charge in [-0.1, -0.05) is 36.4 Å². The second-order valence-electron chi connectivity index (χ2n) is 2.56. The Hall–Kier alpha value is 0.550. The van der Waals surface area contributed by atoms with E-state index in [1.807, 2.05) is 13.8 Å². The molecule has 0 aromatic carbocycles. The van der Waals surface area contributed by atoms with Gasteiger partial charge in [-0.05, 0) is 5.92 Å². The lowest BCUT2D eigenvalue weighted by molar-refractivity contribution is -0.133. The topological polar surface area (TPSA) is 26.3 Å². The van der Waals surface area contributed by atoms with Crippen LogP contribution in [0.4, 0.5) is 0 Å². The van der Waals surface area contributed by atoms with E-state index in [0.717, 1.165) is 10.2 Å². The maximum Gasteiger partial charge on any atom is 0.318 e. The largest absolute Gasteiger partial charge is 0.391 e. The summed E-state index contributed by atoms with van der Waals surface area (Å²) >= 11 is 3.49. The highest BCUT2D eigenvalue weighted by molar-refractivity contribution is 14.1. The molecule has 0 aliphatic heterocycles. The summed E-state index contributed by atoms with van der Waals surface area (Å²) in [4.78, 5) is 10.9. The summed E-state index contributed by atoms with van der Waals surface area (Å²) in [6.07, 6.45) is 0.522. The SMILES string of the molecule is CC(C)CC(=O)OSCCI. The van der Waals surface area contributed by atoms with Gasteiger partial charge in [-0.2, -0.15) is 0 Å². The van der Waals surface area contributed by atoms with Crippen LogP contribution < -0.4 is 0 Å². The van der Waals surface area contributed by atoms with Crippen molar-refractivity contribution in [2.75, 3.05) is 10.2 Å². The zero-order valence-electron chi connectivity index (χ0n) is 6.80. The normalized spacial score (nSPS) is 10.2. The fourth-order valence-electron chi connectivity index (χ4n) is 0.506. The quantitative estimate of drug-likeness (QED) is 0.337. The van der Waals surface area contributed by atoms with Gasteiger partial charge in [0.05, 0.1) is 12.0 Å². The number of rotatable bonds is 5. The van der Waals surface area contributed by atoms with E-state index in [-0.39, 0.29) is 5.97 Å². The second kappa shape index (κ2) is 7.21. The van der Waals surface area contributed by atoms with Crippen molar-refractivity contribution in [2.24, 2.45) is 5.92 Å². The highest BCUT2D eigenvalue weighted by atomic mass is 127. The van der Waals surface area contributed by atoms with Gasteiger partial charge in [0, 0.05) is 16.6 Å². The molecule has 0 radical (unpaired) electrons. The molecule has 0 amide bonds. The molecule has 0 N–H and O–H groups in total. The van der Waals surface area contributed by atoms with Crippen LogP contribution in [-0.4, -0.2) is 16.1 Å². The Morgan fingerprint density at radius 2 is 2.27 bits per heavy atom. The molecule has 0 atom stereocenters. The fourth-order valence-corrected chi connectivity index (χ4v) is 1.39. The maximum atomic E-state index is 10.9. The van der Waals surface area contributed by atoms with E-state index in [9.17, 15) is 4.79 Å². The summed E-state index contributed by atoms with van der Waals surface area (Å²) in [5, 5.41) is 0. The minimum atomic E-state index is -0.102. The zero-order valence-corrected chi connectivity index (χ0v) is 9.78. The van der Waals surface area contributed by atoms with Gasteiger partial charge in [-0.15, -0.1) is 0 Å². The fraction of sp³-hybridized carbons (Fsp3) is 0.857. The van der Waals surface area contributed by atoms with Crippen LogP contribution in [0.3, 0.4) is 0 Å². The molecule has 0 bridgehead atoms. The van der Waals surface area contributed by atoms with Crippen LogP contribution in [0.25, 0.3) is 0 Å². The Bertz CT molecular complexity index is 117. The van der Waals surface area contributed by atoms with Crippen LogP contribution in [0, 0.1) is 5.92 Å². The van der Waals surface area contributed by atoms with E-state index >= 15 is 0 Å². The number of halogens is 1. The van der Waals surface area contributed by atoms with Crippen LogP contribution in [-0.2, 0) is 8.98 Å². The molecule has 2 nitrogen and oxygen atoms in total. The van der Waals surface area contributed by atoms with E-state index in [1.54, 1.807) is 0 Å². The van der Waals surface area contributed by atoms with Crippen molar-refractivity contribution in [2.45, 2.75) is 20.3 Å². The van der Waals surface area contributed by atoms with Gasteiger partial charge < -0.3 is 4.18 Å². The Balaban J connectivity index is 3.23. The summed E-state index contributed by atoms with van der Waals surface area (Å²) < 4.78 is 5.88. The molecule has 0 aliphatic rings. The van der Waals surface area contributed by atoms with Crippen molar-refractivity contribution in [3.8, 4) is 0 Å². The van der Waals surface area contributed by atoms with Gasteiger partial charge in [-0.25, -0.2) is 0 Å². The van der Waals surface area contributed by atoms with Crippen molar-refractivity contribution in [3.05, 3.63) is 0 Å². The molecule has 0 fully saturated rings. The highest BCUT2D eigenvalue weighted by Gasteiger charge is 2.05. The first-order valence-electron chi connectivity index (χ1n) is 3.55. The highest BCUT2D eigenvalue weighted by Crippen LogP contribution is 2.09. The van der Waals surface area contributed by atoms with Crippen LogP contribution in [0.5, 0.6) is 0 Å². The number of hydrogen-bond donors (Lipinski definition) is 0. The zero-order chi connectivity index (χ0) is 8.69. The van der Waals surface area contributed by atoms with Crippen LogP contribution in [0.15, 0.2) is 0 Å². The number of carbonyl (C=O) groups excluding carboxylic acids is 1. The van der Waals surface area contributed by atoms with E-state index in [0.29, 0.717) is 12.3 Å². The van der Waals surface area contributed by atoms with E-state index in [1.165, 1.54) is 12.0 Å². The summed E-state index contributed by atoms with van der Waals surface area (Å²) in [5.74, 6) is 1.17. The molecule has 0 unspecified atom stereocenters. The van der Waals surface area contributed by atoms with Gasteiger partial charge in [0.2, 0.25) is 0 Å². The molecule has 0 aromatic heterocycles. The molecule has 66 valence electrons. The third-order valence-electron chi connectivity index (χ3n) is 0.887. The first kappa shape index (κ1) is 11.6. The summed E-state index contributed by atoms with van der Waals surface area (Å²) in [7, 11) is 0. The van der Waals surface area contributed by atoms with Gasteiger partial charge in [0.15, 0.2) is 0 Å². The second-order valence-corrected chi connectivity index (χ2v) is 4.45. The van der Waals surface area contributed by atoms with Crippen molar-refractivity contribution < 1.29 is 8.98 Å². The molecular weight excluding hydrogens is 275 g/mol. The monoisotopic (exact) mass is 288 g/mol. The summed E-state index contributed by atoms with van der Waals surface area (Å²) in [6.45, 7) is 4.01. The van der Waals surface area contributed by atoms with Crippen molar-refractivity contribution in [3.63, 3.8) is 0 Å². The first-order valence-corrected chi connectivity index (χ1v) is 5.98. The molecule has 0 aromatic rings. The minimum absolute atomic E-state index is 0.102. The van der Waals surface area contributed by atoms with Crippen molar-refractivity contribution in [1.29, 1.82) is 0 Å². The van der Waals surface area contributed by atoms with E-state index < -0.39 is 0 Å². The summed E-state index contributed by atoms with van der Waals surface area (Å²) in [6, 6.07) is 0. The average molecular weight is 288 g/mol. The molecule has 4 heteroatoms. The number of carbonyl (C=O) groups is 1. The molecule has 0 rings (SSSR count). The molecule has 0 heterocycles. The summed E-state index contributed by atoms with van der Waals surface area (Å²) in [5.41, 5.74) is 0. The molecule has 0 spiro atoms. The van der Waals surface area contributed by atoms with Crippen molar-refractivity contribution >= 4 is 40.6 Å². The van der Waals surface area contributed by atoms with Crippen molar-refractivity contribution in [1.82, 2.24) is 0 Å². The third kappa shape index (κ3) is 8.46. The Morgan fingerprint density at radius 3 is 2.73 bits per heavy atom. The van der Waals surface area contributed by atoms with E-state index in [4.69, 9.17) is 4.18 Å². The molecule has 0 saturated heterocycles. The van der Waals surface area contributed by atoms with E-state index in [2.05, 4.69) is 22.6 Å². The van der Waals surface area contributed by atoms with Gasteiger partial charge >= 0.3 is 5.97 Å². The molecular formula is C7H13IO2S. The Morgan fingerprint density at radius 1 is 1.64 bits per heavy atom. The van der Waals surface area contributed by atoms with Crippen LogP contribution in [0.1, 0.15) is 20.3 Å². The molecule has 11 heavy (non-hydrogen) atoms. The van der Waals surface area contributed by atoms with Gasteiger partial charge in [0.25, 0.3) is 0 Å². The Kier molecular flexibility index (Phi) is 7.57. The van der Waals surface area contributed by atoms with Gasteiger partial charge in [0.1, 0.15) is 0 Å². The number of hydrogen-bond acceptors (Lipinski definition) is 3. The third-order valence-corrected chi connectivity index (χ3v) is 2.83. The number of alkyl halides is 1. The van der Waals surface area contributed by atoms with Crippen LogP contribution >= 0.6 is 34.6 Å². The lowest BCUT2D eigenvalue weighted by atomic mass is 10.1. The maximum absolute atomic E-state index is 10.9. The average Bonchev–Trinajstić information content (AvgIpc) is 1.86. The smallest absolute Gasteiger partial charge is 0.318 e.